The van der Waals surface area contributed by atoms with E-state index in [0.717, 1.165) is 0 Å². The van der Waals surface area contributed by atoms with Crippen molar-refractivity contribution in [2.45, 2.75) is 243 Å². The summed E-state index contributed by atoms with van der Waals surface area (Å²) >= 11 is -3.22. The Morgan fingerprint density at radius 3 is 1.02 bits per heavy atom. The van der Waals surface area contributed by atoms with Crippen LogP contribution in [0.5, 0.6) is 0 Å². The molecule has 0 aliphatic rings. The molecule has 0 saturated heterocycles. The predicted molar refractivity (Wildman–Crippen MR) is 198 cm³/mol. The SMILES string of the molecule is CCCCC[CH2][Sn]([CH2]CCCCC)[CH2]CC(CCCCCC)(CCCCCC)[O][Sn]([CH2]CCCCC)[CH2]CCCCC. The van der Waals surface area contributed by atoms with Crippen LogP contribution < -0.4 is 0 Å². The molecule has 1 nitrogen and oxygen atoms in total. The fraction of sp³-hybridized carbons (Fsp3) is 1.00. The Hall–Kier alpha value is 1.56. The van der Waals surface area contributed by atoms with E-state index in [2.05, 4.69) is 41.5 Å². The quantitative estimate of drug-likeness (QED) is 0.0458. The molecule has 2 radical (unpaired) electrons. The number of rotatable bonds is 35. The topological polar surface area (TPSA) is 9.23 Å². The van der Waals surface area contributed by atoms with Gasteiger partial charge in [0.05, 0.1) is 0 Å². The Labute approximate surface area is 283 Å². The Morgan fingerprint density at radius 2 is 0.667 bits per heavy atom. The van der Waals surface area contributed by atoms with Crippen molar-refractivity contribution in [1.82, 2.24) is 0 Å². The zero-order valence-electron chi connectivity index (χ0n) is 30.5. The molecular formula is C39H82OSn2. The van der Waals surface area contributed by atoms with E-state index in [0.29, 0.717) is 0 Å². The maximum atomic E-state index is 7.82. The minimum atomic E-state index is -1.86. The van der Waals surface area contributed by atoms with Crippen molar-refractivity contribution < 1.29 is 3.07 Å². The van der Waals surface area contributed by atoms with E-state index >= 15 is 0 Å². The van der Waals surface area contributed by atoms with Gasteiger partial charge in [0, 0.05) is 0 Å². The standard InChI is InChI=1S/C15H30O.4C6H13.2Sn/c1-4-7-9-11-13-15(16,6-3)14-12-10-8-5-2;4*1-3-5-6-4-2;;/h3-14H2,1-2H3;4*1,3-6H2,2H3;;/q-1;;;;;;+1. The van der Waals surface area contributed by atoms with Gasteiger partial charge in [0.25, 0.3) is 0 Å². The summed E-state index contributed by atoms with van der Waals surface area (Å²) in [7, 11) is 0. The molecule has 0 bridgehead atoms. The summed E-state index contributed by atoms with van der Waals surface area (Å²) in [5.74, 6) is 0. The molecule has 0 rings (SSSR count). The molecule has 252 valence electrons. The van der Waals surface area contributed by atoms with Crippen LogP contribution in [0.25, 0.3) is 0 Å². The zero-order valence-corrected chi connectivity index (χ0v) is 36.2. The fourth-order valence-corrected chi connectivity index (χ4v) is 23.0. The van der Waals surface area contributed by atoms with Gasteiger partial charge in [-0.3, -0.25) is 0 Å². The second kappa shape index (κ2) is 33.9. The van der Waals surface area contributed by atoms with Crippen molar-refractivity contribution in [3.05, 3.63) is 0 Å². The summed E-state index contributed by atoms with van der Waals surface area (Å²) in [5.41, 5.74) is 0.268. The first-order valence-electron chi connectivity index (χ1n) is 20.0. The fourth-order valence-electron chi connectivity index (χ4n) is 6.69. The molecule has 0 spiro atoms. The van der Waals surface area contributed by atoms with Crippen LogP contribution in [0.3, 0.4) is 0 Å². The van der Waals surface area contributed by atoms with Gasteiger partial charge in [-0.25, -0.2) is 0 Å². The van der Waals surface area contributed by atoms with Crippen LogP contribution in [0.2, 0.25) is 22.2 Å². The first-order chi connectivity index (χ1) is 20.6. The Bertz CT molecular complexity index is 475. The summed E-state index contributed by atoms with van der Waals surface area (Å²) < 4.78 is 15.8. The van der Waals surface area contributed by atoms with Crippen LogP contribution in [-0.4, -0.2) is 45.5 Å². The molecule has 3 heteroatoms. The molecule has 42 heavy (non-hydrogen) atoms. The average Bonchev–Trinajstić information content (AvgIpc) is 3.00. The van der Waals surface area contributed by atoms with E-state index in [1.807, 2.05) is 0 Å². The predicted octanol–water partition coefficient (Wildman–Crippen LogP) is 14.9. The van der Waals surface area contributed by atoms with E-state index in [1.54, 1.807) is 26.2 Å². The molecule has 0 saturated carbocycles. The van der Waals surface area contributed by atoms with Crippen molar-refractivity contribution in [2.24, 2.45) is 0 Å². The third-order valence-corrected chi connectivity index (χ3v) is 25.7. The van der Waals surface area contributed by atoms with E-state index in [1.165, 1.54) is 169 Å². The molecule has 0 aromatic rings. The van der Waals surface area contributed by atoms with Crippen molar-refractivity contribution >= 4 is 39.9 Å². The first kappa shape index (κ1) is 43.6. The normalized spacial score (nSPS) is 12.3. The summed E-state index contributed by atoms with van der Waals surface area (Å²) in [4.78, 5) is 0. The molecule has 0 aromatic carbocycles. The second-order valence-electron chi connectivity index (χ2n) is 13.9. The Balaban J connectivity index is 5.80. The monoisotopic (exact) mass is 806 g/mol. The van der Waals surface area contributed by atoms with E-state index in [-0.39, 0.29) is 5.60 Å². The van der Waals surface area contributed by atoms with E-state index in [4.69, 9.17) is 3.07 Å². The van der Waals surface area contributed by atoms with Gasteiger partial charge in [0.15, 0.2) is 0 Å². The van der Waals surface area contributed by atoms with Crippen molar-refractivity contribution in [3.63, 3.8) is 0 Å². The minimum absolute atomic E-state index is 0.268. The molecule has 0 unspecified atom stereocenters. The van der Waals surface area contributed by atoms with Crippen LogP contribution in [0.4, 0.5) is 0 Å². The summed E-state index contributed by atoms with van der Waals surface area (Å²) in [6, 6.07) is 0. The first-order valence-corrected chi connectivity index (χ1v) is 31.2. The van der Waals surface area contributed by atoms with Gasteiger partial charge in [0.1, 0.15) is 0 Å². The van der Waals surface area contributed by atoms with Gasteiger partial charge in [-0.05, 0) is 0 Å². The van der Waals surface area contributed by atoms with Crippen LogP contribution in [0.1, 0.15) is 215 Å². The molecule has 0 atom stereocenters. The van der Waals surface area contributed by atoms with Gasteiger partial charge in [0.2, 0.25) is 0 Å². The average molecular weight is 805 g/mol. The third kappa shape index (κ3) is 26.7. The second-order valence-corrected chi connectivity index (χ2v) is 29.0. The van der Waals surface area contributed by atoms with Gasteiger partial charge < -0.3 is 0 Å². The number of hydrogen-bond donors (Lipinski definition) is 0. The molecule has 0 aromatic heterocycles. The van der Waals surface area contributed by atoms with E-state index in [9.17, 15) is 0 Å². The molecule has 0 amide bonds. The van der Waals surface area contributed by atoms with Gasteiger partial charge >= 0.3 is 286 Å². The molecule has 0 N–H and O–H groups in total. The van der Waals surface area contributed by atoms with Crippen molar-refractivity contribution in [1.29, 1.82) is 0 Å². The summed E-state index contributed by atoms with van der Waals surface area (Å²) in [5, 5.41) is 0. The molecule has 0 aliphatic carbocycles. The van der Waals surface area contributed by atoms with Crippen molar-refractivity contribution in [3.8, 4) is 0 Å². The maximum absolute atomic E-state index is 7.82. The number of hydrogen-bond acceptors (Lipinski definition) is 1. The molecule has 0 fully saturated rings. The number of unbranched alkanes of at least 4 members (excludes halogenated alkanes) is 18. The molecule has 0 heterocycles. The Morgan fingerprint density at radius 1 is 0.333 bits per heavy atom. The van der Waals surface area contributed by atoms with Crippen LogP contribution in [0, 0.1) is 0 Å². The third-order valence-electron chi connectivity index (χ3n) is 9.65. The molecule has 0 aliphatic heterocycles. The van der Waals surface area contributed by atoms with Gasteiger partial charge in [-0.1, -0.05) is 0 Å². The van der Waals surface area contributed by atoms with Crippen LogP contribution >= 0.6 is 0 Å². The van der Waals surface area contributed by atoms with Gasteiger partial charge in [-0.2, -0.15) is 0 Å². The van der Waals surface area contributed by atoms with Crippen LogP contribution in [-0.2, 0) is 3.07 Å². The van der Waals surface area contributed by atoms with Gasteiger partial charge in [-0.15, -0.1) is 0 Å². The van der Waals surface area contributed by atoms with Crippen molar-refractivity contribution in [2.75, 3.05) is 0 Å². The van der Waals surface area contributed by atoms with E-state index < -0.39 is 39.9 Å². The molecular weight excluding hydrogens is 722 g/mol. The van der Waals surface area contributed by atoms with Crippen LogP contribution in [0.15, 0.2) is 0 Å². The Kier molecular flexibility index (Phi) is 35.2. The summed E-state index contributed by atoms with van der Waals surface area (Å²) in [6.45, 7) is 14.2. The summed E-state index contributed by atoms with van der Waals surface area (Å²) in [6.07, 6.45) is 38.7. The zero-order chi connectivity index (χ0) is 31.0.